The maximum atomic E-state index is 12.8. The highest BCUT2D eigenvalue weighted by molar-refractivity contribution is 5.66. The molecule has 2 atom stereocenters. The topological polar surface area (TPSA) is 40.5 Å². The van der Waals surface area contributed by atoms with Crippen molar-refractivity contribution in [3.05, 3.63) is 35.9 Å². The molecule has 0 aliphatic heterocycles. The third-order valence-electron chi connectivity index (χ3n) is 2.81. The van der Waals surface area contributed by atoms with Gasteiger partial charge in [0.05, 0.1) is 6.04 Å². The highest BCUT2D eigenvalue weighted by Crippen LogP contribution is 2.31. The molecule has 0 radical (unpaired) electrons. The van der Waals surface area contributed by atoms with E-state index in [-0.39, 0.29) is 0 Å². The molecule has 1 aliphatic rings. The molecular formula is C12H14FNO2. The molecule has 0 bridgehead atoms. The van der Waals surface area contributed by atoms with Gasteiger partial charge in [-0.2, -0.15) is 0 Å². The summed E-state index contributed by atoms with van der Waals surface area (Å²) < 4.78 is 12.8. The summed E-state index contributed by atoms with van der Waals surface area (Å²) in [5, 5.41) is 8.94. The zero-order valence-electron chi connectivity index (χ0n) is 8.84. The second-order valence-electron chi connectivity index (χ2n) is 4.03. The van der Waals surface area contributed by atoms with E-state index in [9.17, 15) is 9.18 Å². The van der Waals surface area contributed by atoms with Gasteiger partial charge in [-0.3, -0.25) is 0 Å². The lowest BCUT2D eigenvalue weighted by atomic mass is 10.1. The molecule has 0 heterocycles. The molecule has 0 aromatic heterocycles. The lowest BCUT2D eigenvalue weighted by molar-refractivity contribution is 0.138. The first kappa shape index (κ1) is 10.9. The molecule has 1 aromatic rings. The Hall–Kier alpha value is -1.58. The third-order valence-corrected chi connectivity index (χ3v) is 2.81. The average Bonchev–Trinajstić information content (AvgIpc) is 2.97. The summed E-state index contributed by atoms with van der Waals surface area (Å²) in [6.45, 7) is 0.366. The Kier molecular flexibility index (Phi) is 3.08. The minimum absolute atomic E-state index is 0.348. The van der Waals surface area contributed by atoms with Gasteiger partial charge in [0.15, 0.2) is 0 Å². The number of benzene rings is 1. The van der Waals surface area contributed by atoms with E-state index in [0.717, 1.165) is 5.56 Å². The molecule has 1 aromatic carbocycles. The Labute approximate surface area is 93.5 Å². The van der Waals surface area contributed by atoms with Crippen molar-refractivity contribution in [3.63, 3.8) is 0 Å². The van der Waals surface area contributed by atoms with Gasteiger partial charge in [-0.25, -0.2) is 9.18 Å². The molecule has 1 saturated carbocycles. The lowest BCUT2D eigenvalue weighted by Crippen LogP contribution is -2.34. The number of carboxylic acid groups (broad SMARTS) is 1. The number of alkyl halides is 1. The fourth-order valence-corrected chi connectivity index (χ4v) is 1.77. The van der Waals surface area contributed by atoms with E-state index < -0.39 is 18.3 Å². The predicted octanol–water partition coefficient (Wildman–Crippen LogP) is 2.32. The van der Waals surface area contributed by atoms with Gasteiger partial charge in [0, 0.05) is 13.0 Å². The second kappa shape index (κ2) is 4.51. The molecule has 2 unspecified atom stereocenters. The van der Waals surface area contributed by atoms with E-state index in [1.807, 2.05) is 30.3 Å². The molecule has 1 fully saturated rings. The van der Waals surface area contributed by atoms with Crippen LogP contribution in [0.3, 0.4) is 0 Å². The number of nitrogens with zero attached hydrogens (tertiary/aromatic N) is 1. The van der Waals surface area contributed by atoms with E-state index in [4.69, 9.17) is 5.11 Å². The molecule has 86 valence electrons. The molecule has 1 amide bonds. The van der Waals surface area contributed by atoms with Gasteiger partial charge < -0.3 is 10.0 Å². The van der Waals surface area contributed by atoms with Crippen LogP contribution < -0.4 is 0 Å². The number of hydrogen-bond donors (Lipinski definition) is 1. The van der Waals surface area contributed by atoms with Crippen molar-refractivity contribution in [3.8, 4) is 0 Å². The zero-order chi connectivity index (χ0) is 11.5. The van der Waals surface area contributed by atoms with Crippen LogP contribution in [0.5, 0.6) is 0 Å². The van der Waals surface area contributed by atoms with E-state index in [1.165, 1.54) is 4.90 Å². The smallest absolute Gasteiger partial charge is 0.407 e. The molecule has 4 heteroatoms. The van der Waals surface area contributed by atoms with Crippen LogP contribution in [0.25, 0.3) is 0 Å². The van der Waals surface area contributed by atoms with Gasteiger partial charge in [-0.05, 0) is 12.0 Å². The first-order chi connectivity index (χ1) is 7.68. The first-order valence-corrected chi connectivity index (χ1v) is 5.36. The summed E-state index contributed by atoms with van der Waals surface area (Å²) in [6.07, 6.45) is -1.01. The summed E-state index contributed by atoms with van der Waals surface area (Å²) in [4.78, 5) is 12.1. The number of hydrogen-bond acceptors (Lipinski definition) is 1. The molecule has 0 spiro atoms. The van der Waals surface area contributed by atoms with Crippen LogP contribution in [0.1, 0.15) is 12.0 Å². The summed E-state index contributed by atoms with van der Waals surface area (Å²) in [7, 11) is 0. The van der Waals surface area contributed by atoms with Crippen molar-refractivity contribution in [1.29, 1.82) is 0 Å². The van der Waals surface area contributed by atoms with E-state index in [1.54, 1.807) is 0 Å². The van der Waals surface area contributed by atoms with Crippen LogP contribution >= 0.6 is 0 Å². The molecule has 16 heavy (non-hydrogen) atoms. The second-order valence-corrected chi connectivity index (χ2v) is 4.03. The van der Waals surface area contributed by atoms with Crippen LogP contribution in [0.15, 0.2) is 30.3 Å². The minimum atomic E-state index is -1.03. The number of amides is 1. The molecule has 1 N–H and O–H groups in total. The maximum absolute atomic E-state index is 12.8. The Morgan fingerprint density at radius 2 is 2.06 bits per heavy atom. The van der Waals surface area contributed by atoms with Crippen LogP contribution in [0.2, 0.25) is 0 Å². The monoisotopic (exact) mass is 223 g/mol. The van der Waals surface area contributed by atoms with E-state index >= 15 is 0 Å². The Morgan fingerprint density at radius 1 is 1.44 bits per heavy atom. The first-order valence-electron chi connectivity index (χ1n) is 5.36. The highest BCUT2D eigenvalue weighted by Gasteiger charge is 2.44. The SMILES string of the molecule is O=C(O)N(CCc1ccccc1)C1CC1F. The Morgan fingerprint density at radius 3 is 2.56 bits per heavy atom. The van der Waals surface area contributed by atoms with Crippen molar-refractivity contribution in [2.75, 3.05) is 6.54 Å². The Balaban J connectivity index is 1.90. The number of rotatable bonds is 4. The highest BCUT2D eigenvalue weighted by atomic mass is 19.1. The predicted molar refractivity (Wildman–Crippen MR) is 58.2 cm³/mol. The summed E-state index contributed by atoms with van der Waals surface area (Å²) >= 11 is 0. The van der Waals surface area contributed by atoms with Crippen LogP contribution in [0, 0.1) is 0 Å². The molecule has 0 saturated heterocycles. The van der Waals surface area contributed by atoms with Gasteiger partial charge in [0.1, 0.15) is 6.17 Å². The van der Waals surface area contributed by atoms with Crippen molar-refractivity contribution in [2.45, 2.75) is 25.1 Å². The van der Waals surface area contributed by atoms with Crippen LogP contribution in [-0.4, -0.2) is 34.9 Å². The van der Waals surface area contributed by atoms with Gasteiger partial charge in [-0.1, -0.05) is 30.3 Å². The van der Waals surface area contributed by atoms with Crippen LogP contribution in [-0.2, 0) is 6.42 Å². The maximum Gasteiger partial charge on any atom is 0.407 e. The third kappa shape index (κ3) is 2.51. The minimum Gasteiger partial charge on any atom is -0.465 e. The lowest BCUT2D eigenvalue weighted by Gasteiger charge is -2.18. The normalized spacial score (nSPS) is 22.8. The van der Waals surface area contributed by atoms with Crippen molar-refractivity contribution >= 4 is 6.09 Å². The molecule has 3 nitrogen and oxygen atoms in total. The van der Waals surface area contributed by atoms with Gasteiger partial charge >= 0.3 is 6.09 Å². The van der Waals surface area contributed by atoms with Crippen molar-refractivity contribution in [2.24, 2.45) is 0 Å². The van der Waals surface area contributed by atoms with E-state index in [0.29, 0.717) is 19.4 Å². The molecule has 2 rings (SSSR count). The van der Waals surface area contributed by atoms with Crippen LogP contribution in [0.4, 0.5) is 9.18 Å². The Bertz CT molecular complexity index is 369. The summed E-state index contributed by atoms with van der Waals surface area (Å²) in [5.74, 6) is 0. The van der Waals surface area contributed by atoms with Crippen molar-refractivity contribution < 1.29 is 14.3 Å². The molecular weight excluding hydrogens is 209 g/mol. The van der Waals surface area contributed by atoms with Gasteiger partial charge in [0.2, 0.25) is 0 Å². The molecule has 1 aliphatic carbocycles. The quantitative estimate of drug-likeness (QED) is 0.851. The fraction of sp³-hybridized carbons (Fsp3) is 0.417. The van der Waals surface area contributed by atoms with E-state index in [2.05, 4.69) is 0 Å². The summed E-state index contributed by atoms with van der Waals surface area (Å²) in [5.41, 5.74) is 1.07. The number of halogens is 1. The zero-order valence-corrected chi connectivity index (χ0v) is 8.84. The fourth-order valence-electron chi connectivity index (χ4n) is 1.77. The van der Waals surface area contributed by atoms with Gasteiger partial charge in [0.25, 0.3) is 0 Å². The average molecular weight is 223 g/mol. The number of carbonyl (C=O) groups is 1. The summed E-state index contributed by atoms with van der Waals surface area (Å²) in [6, 6.07) is 9.21. The largest absolute Gasteiger partial charge is 0.465 e. The van der Waals surface area contributed by atoms with Gasteiger partial charge in [-0.15, -0.1) is 0 Å². The standard InChI is InChI=1S/C12H14FNO2/c13-10-8-11(10)14(12(15)16)7-6-9-4-2-1-3-5-9/h1-5,10-11H,6-8H2,(H,15,16). The van der Waals surface area contributed by atoms with Crippen molar-refractivity contribution in [1.82, 2.24) is 4.90 Å².